The molecule has 5 aromatic rings. The first-order valence-corrected chi connectivity index (χ1v) is 18.0. The Morgan fingerprint density at radius 2 is 1.62 bits per heavy atom. The summed E-state index contributed by atoms with van der Waals surface area (Å²) in [6, 6.07) is 22.3. The summed E-state index contributed by atoms with van der Waals surface area (Å²) in [7, 11) is 0. The summed E-state index contributed by atoms with van der Waals surface area (Å²) in [5.74, 6) is 2.57. The molecule has 0 atom stereocenters. The number of carbonyl (C=O) groups excluding carboxylic acids is 1. The zero-order valence-corrected chi connectivity index (χ0v) is 33.9. The van der Waals surface area contributed by atoms with Crippen LogP contribution < -0.4 is 0 Å². The number of para-hydroxylation sites is 1. The van der Waals surface area contributed by atoms with Crippen molar-refractivity contribution >= 4 is 27.7 Å². The van der Waals surface area contributed by atoms with Crippen molar-refractivity contribution < 1.29 is 34.4 Å². The normalized spacial score (nSPS) is 13.9. The first-order valence-electron chi connectivity index (χ1n) is 18.0. The van der Waals surface area contributed by atoms with Crippen molar-refractivity contribution in [2.75, 3.05) is 0 Å². The van der Waals surface area contributed by atoms with Crippen molar-refractivity contribution in [3.05, 3.63) is 95.4 Å². The van der Waals surface area contributed by atoms with E-state index < -0.39 is 0 Å². The van der Waals surface area contributed by atoms with E-state index in [-0.39, 0.29) is 47.9 Å². The standard InChI is InChI=1S/C29H25N2O.C15H28O2.Ir/c1-17(2)14-18-12-13-19-16-30-28(31-23(19)15-18)22-10-7-9-21-25(22)29(3,4)26-20-8-5-6-11-24(20)32-27(21)26;1-7-14(5,8-2)12(16)11-13(17)15(6,9-3)10-4;/h5-9,11-13,15-17H,14H2,1-4H3;11,16H,7-10H2,1-6H3;/q-1;;/b;12-11-;. The molecular weight excluding hydrogens is 797 g/mol. The van der Waals surface area contributed by atoms with E-state index >= 15 is 0 Å². The topological polar surface area (TPSA) is 76.2 Å². The van der Waals surface area contributed by atoms with E-state index in [1.54, 1.807) is 0 Å². The molecule has 50 heavy (non-hydrogen) atoms. The molecule has 5 nitrogen and oxygen atoms in total. The average Bonchev–Trinajstić information content (AvgIpc) is 3.60. The fraction of sp³-hybridized carbons (Fsp3) is 0.432. The molecule has 3 aromatic carbocycles. The van der Waals surface area contributed by atoms with E-state index in [9.17, 15) is 9.90 Å². The molecule has 0 fully saturated rings. The molecule has 1 aliphatic rings. The molecular formula is C44H53IrN2O3-. The maximum Gasteiger partial charge on any atom is 0.164 e. The zero-order chi connectivity index (χ0) is 35.7. The quantitative estimate of drug-likeness (QED) is 0.0860. The number of nitrogens with zero attached hydrogens (tertiary/aromatic N) is 2. The Kier molecular flexibility index (Phi) is 12.0. The van der Waals surface area contributed by atoms with Crippen molar-refractivity contribution in [3.63, 3.8) is 0 Å². The van der Waals surface area contributed by atoms with Gasteiger partial charge in [0.05, 0.1) is 11.3 Å². The van der Waals surface area contributed by atoms with E-state index in [1.807, 2.05) is 65.9 Å². The Morgan fingerprint density at radius 1 is 0.960 bits per heavy atom. The number of rotatable bonds is 10. The molecule has 1 aliphatic carbocycles. The molecule has 267 valence electrons. The fourth-order valence-corrected chi connectivity index (χ4v) is 6.96. The first-order chi connectivity index (χ1) is 23.2. The van der Waals surface area contributed by atoms with Gasteiger partial charge in [-0.3, -0.25) is 14.8 Å². The van der Waals surface area contributed by atoms with E-state index in [0.717, 1.165) is 71.3 Å². The summed E-state index contributed by atoms with van der Waals surface area (Å²) in [6.07, 6.45) is 7.73. The van der Waals surface area contributed by atoms with Gasteiger partial charge in [0, 0.05) is 59.5 Å². The van der Waals surface area contributed by atoms with Gasteiger partial charge < -0.3 is 9.52 Å². The molecule has 2 heterocycles. The third-order valence-electron chi connectivity index (χ3n) is 11.2. The van der Waals surface area contributed by atoms with E-state index in [0.29, 0.717) is 5.92 Å². The summed E-state index contributed by atoms with van der Waals surface area (Å²) < 4.78 is 6.33. The number of furan rings is 1. The molecule has 1 N–H and O–H groups in total. The third-order valence-corrected chi connectivity index (χ3v) is 11.2. The van der Waals surface area contributed by atoms with E-state index in [4.69, 9.17) is 14.4 Å². The van der Waals surface area contributed by atoms with Crippen molar-refractivity contribution in [2.24, 2.45) is 16.7 Å². The average molecular weight is 850 g/mol. The predicted molar refractivity (Wildman–Crippen MR) is 203 cm³/mol. The number of aliphatic hydroxyl groups excluding tert-OH is 1. The number of aromatic nitrogens is 2. The maximum absolute atomic E-state index is 12.2. The minimum Gasteiger partial charge on any atom is -0.512 e. The minimum atomic E-state index is -0.337. The van der Waals surface area contributed by atoms with Gasteiger partial charge in [0.2, 0.25) is 0 Å². The largest absolute Gasteiger partial charge is 0.512 e. The molecule has 0 aliphatic heterocycles. The molecule has 6 rings (SSSR count). The Bertz CT molecular complexity index is 2010. The number of aliphatic hydroxyl groups is 1. The van der Waals surface area contributed by atoms with Gasteiger partial charge in [-0.1, -0.05) is 105 Å². The van der Waals surface area contributed by atoms with Crippen molar-refractivity contribution in [1.82, 2.24) is 9.97 Å². The minimum absolute atomic E-state index is 0. The second-order valence-corrected chi connectivity index (χ2v) is 15.2. The molecule has 0 saturated carbocycles. The van der Waals surface area contributed by atoms with Gasteiger partial charge >= 0.3 is 0 Å². The number of hydrogen-bond acceptors (Lipinski definition) is 5. The molecule has 0 bridgehead atoms. The first kappa shape index (κ1) is 39.2. The van der Waals surface area contributed by atoms with Crippen molar-refractivity contribution in [2.45, 2.75) is 107 Å². The van der Waals surface area contributed by atoms with Gasteiger partial charge in [-0.05, 0) is 61.1 Å². The molecule has 0 amide bonds. The molecule has 0 saturated heterocycles. The van der Waals surface area contributed by atoms with Crippen LogP contribution >= 0.6 is 0 Å². The number of hydrogen-bond donors (Lipinski definition) is 1. The van der Waals surface area contributed by atoms with Gasteiger partial charge in [-0.25, -0.2) is 0 Å². The smallest absolute Gasteiger partial charge is 0.164 e. The fourth-order valence-electron chi connectivity index (χ4n) is 6.96. The predicted octanol–water partition coefficient (Wildman–Crippen LogP) is 12.0. The summed E-state index contributed by atoms with van der Waals surface area (Å²) in [5.41, 5.74) is 6.90. The van der Waals surface area contributed by atoms with Crippen LogP contribution in [-0.4, -0.2) is 20.9 Å². The van der Waals surface area contributed by atoms with Gasteiger partial charge in [-0.2, -0.15) is 0 Å². The summed E-state index contributed by atoms with van der Waals surface area (Å²) in [4.78, 5) is 21.9. The number of carbonyl (C=O) groups is 1. The van der Waals surface area contributed by atoms with Crippen LogP contribution in [-0.2, 0) is 36.7 Å². The maximum atomic E-state index is 12.2. The Hall–Kier alpha value is -3.60. The van der Waals surface area contributed by atoms with Gasteiger partial charge in [0.1, 0.15) is 17.1 Å². The van der Waals surface area contributed by atoms with E-state index in [2.05, 4.69) is 70.2 Å². The van der Waals surface area contributed by atoms with Crippen LogP contribution in [0.1, 0.15) is 112 Å². The van der Waals surface area contributed by atoms with Crippen LogP contribution in [0.25, 0.3) is 44.6 Å². The molecule has 0 unspecified atom stereocenters. The number of fused-ring (bicyclic) bond motifs is 6. The van der Waals surface area contributed by atoms with Crippen molar-refractivity contribution in [1.29, 1.82) is 0 Å². The van der Waals surface area contributed by atoms with Crippen LogP contribution in [0.2, 0.25) is 0 Å². The van der Waals surface area contributed by atoms with Crippen molar-refractivity contribution in [3.8, 4) is 22.7 Å². The summed E-state index contributed by atoms with van der Waals surface area (Å²) in [5, 5.41) is 12.4. The van der Waals surface area contributed by atoms with Gasteiger partial charge in [0.15, 0.2) is 5.78 Å². The van der Waals surface area contributed by atoms with Crippen LogP contribution in [0.4, 0.5) is 0 Å². The Morgan fingerprint density at radius 3 is 2.26 bits per heavy atom. The summed E-state index contributed by atoms with van der Waals surface area (Å²) >= 11 is 0. The van der Waals surface area contributed by atoms with Crippen LogP contribution in [0.15, 0.2) is 77.0 Å². The SMILES string of the molecule is CC(C)Cc1ccc2cnc(-c3[c-]ccc4c3C(C)(C)c3c-4oc4ccccc34)nc2c1.CCC(C)(CC)C(=O)/C=C(\O)C(C)(CC)CC.[Ir]. The third kappa shape index (κ3) is 7.25. The van der Waals surface area contributed by atoms with Gasteiger partial charge in [-0.15, -0.1) is 29.3 Å². The number of allylic oxidation sites excluding steroid dienone is 2. The summed E-state index contributed by atoms with van der Waals surface area (Å²) in [6.45, 7) is 21.1. The second-order valence-electron chi connectivity index (χ2n) is 15.2. The second kappa shape index (κ2) is 15.3. The Balaban J connectivity index is 0.000000269. The Labute approximate surface area is 312 Å². The molecule has 2 aromatic heterocycles. The molecule has 0 spiro atoms. The molecule has 6 heteroatoms. The van der Waals surface area contributed by atoms with Crippen LogP contribution in [0.3, 0.4) is 0 Å². The van der Waals surface area contributed by atoms with Gasteiger partial charge in [0.25, 0.3) is 0 Å². The zero-order valence-electron chi connectivity index (χ0n) is 31.5. The molecule has 1 radical (unpaired) electrons. The number of benzene rings is 3. The monoisotopic (exact) mass is 850 g/mol. The van der Waals surface area contributed by atoms with E-state index in [1.165, 1.54) is 28.2 Å². The van der Waals surface area contributed by atoms with Crippen LogP contribution in [0.5, 0.6) is 0 Å². The van der Waals surface area contributed by atoms with Crippen LogP contribution in [0, 0.1) is 22.8 Å². The number of ketones is 1.